The fourth-order valence-corrected chi connectivity index (χ4v) is 4.25. The molecule has 4 unspecified atom stereocenters. The minimum absolute atomic E-state index is 0.356. The second-order valence-electron chi connectivity index (χ2n) is 7.16. The van der Waals surface area contributed by atoms with Gasteiger partial charge in [-0.15, -0.1) is 0 Å². The van der Waals surface area contributed by atoms with E-state index in [1.165, 1.54) is 24.2 Å². The maximum atomic E-state index is 12.3. The molecule has 2 aliphatic heterocycles. The number of rotatable bonds is 6. The molecule has 0 aromatic carbocycles. The summed E-state index contributed by atoms with van der Waals surface area (Å²) in [7, 11) is 0. The summed E-state index contributed by atoms with van der Waals surface area (Å²) in [6.45, 7) is 7.49. The van der Waals surface area contributed by atoms with Crippen molar-refractivity contribution in [2.24, 2.45) is 5.73 Å². The highest BCUT2D eigenvalue weighted by Crippen LogP contribution is 2.31. The number of likely N-dealkylation sites (tertiary alicyclic amines) is 2. The lowest BCUT2D eigenvalue weighted by Gasteiger charge is -2.44. The van der Waals surface area contributed by atoms with Crippen molar-refractivity contribution in [3.63, 3.8) is 0 Å². The average Bonchev–Trinajstić information content (AvgIpc) is 2.83. The number of amides is 2. The van der Waals surface area contributed by atoms with E-state index in [0.717, 1.165) is 6.54 Å². The largest absolute Gasteiger partial charge is 0.383 e. The summed E-state index contributed by atoms with van der Waals surface area (Å²) >= 11 is 0. The molecule has 0 saturated carbocycles. The van der Waals surface area contributed by atoms with Crippen LogP contribution in [0.2, 0.25) is 0 Å². The predicted molar refractivity (Wildman–Crippen MR) is 88.7 cm³/mol. The van der Waals surface area contributed by atoms with Gasteiger partial charge < -0.3 is 15.7 Å². The van der Waals surface area contributed by atoms with Crippen molar-refractivity contribution in [3.05, 3.63) is 0 Å². The van der Waals surface area contributed by atoms with Gasteiger partial charge in [-0.05, 0) is 46.0 Å². The molecule has 2 aliphatic rings. The smallest absolute Gasteiger partial charge is 0.252 e. The van der Waals surface area contributed by atoms with Gasteiger partial charge >= 0.3 is 0 Å². The minimum Gasteiger partial charge on any atom is -0.383 e. The predicted octanol–water partition coefficient (Wildman–Crippen LogP) is 0.867. The van der Waals surface area contributed by atoms with Gasteiger partial charge in [-0.3, -0.25) is 14.5 Å². The highest BCUT2D eigenvalue weighted by Gasteiger charge is 2.48. The number of aliphatic hydroxyl groups is 1. The summed E-state index contributed by atoms with van der Waals surface area (Å²) in [5, 5.41) is 9.76. The Balaban J connectivity index is 2.16. The van der Waals surface area contributed by atoms with Crippen molar-refractivity contribution >= 4 is 11.8 Å². The molecule has 23 heavy (non-hydrogen) atoms. The van der Waals surface area contributed by atoms with Crippen molar-refractivity contribution < 1.29 is 14.7 Å². The highest BCUT2D eigenvalue weighted by molar-refractivity contribution is 5.92. The Morgan fingerprint density at radius 3 is 2.35 bits per heavy atom. The van der Waals surface area contributed by atoms with Crippen molar-refractivity contribution in [3.8, 4) is 0 Å². The first-order valence-electron chi connectivity index (χ1n) is 8.88. The van der Waals surface area contributed by atoms with Crippen LogP contribution in [0.3, 0.4) is 0 Å². The number of carbonyl (C=O) groups is 2. The first-order chi connectivity index (χ1) is 10.8. The Morgan fingerprint density at radius 2 is 1.91 bits per heavy atom. The quantitative estimate of drug-likeness (QED) is 0.758. The Labute approximate surface area is 139 Å². The van der Waals surface area contributed by atoms with E-state index >= 15 is 0 Å². The maximum Gasteiger partial charge on any atom is 0.252 e. The highest BCUT2D eigenvalue weighted by atomic mass is 16.3. The van der Waals surface area contributed by atoms with Crippen molar-refractivity contribution in [2.45, 2.75) is 83.0 Å². The molecule has 0 radical (unpaired) electrons. The fourth-order valence-electron chi connectivity index (χ4n) is 4.25. The number of hydrogen-bond donors (Lipinski definition) is 2. The van der Waals surface area contributed by atoms with Crippen LogP contribution in [-0.4, -0.2) is 63.5 Å². The molecule has 6 heteroatoms. The SMILES string of the molecule is CCC(CCN1C(C)CCCC1C)(C(N)=O)N1CCC(O)C1=O. The first kappa shape index (κ1) is 18.2. The molecule has 2 fully saturated rings. The lowest BCUT2D eigenvalue weighted by Crippen LogP contribution is -2.60. The molecule has 4 atom stereocenters. The summed E-state index contributed by atoms with van der Waals surface area (Å²) in [6, 6.07) is 0.974. The Hall–Kier alpha value is -1.14. The number of aliphatic hydroxyl groups excluding tert-OH is 1. The number of nitrogens with zero attached hydrogens (tertiary/aromatic N) is 2. The van der Waals surface area contributed by atoms with Crippen molar-refractivity contribution in [2.75, 3.05) is 13.1 Å². The Bertz CT molecular complexity index is 446. The molecule has 2 heterocycles. The zero-order valence-electron chi connectivity index (χ0n) is 14.6. The summed E-state index contributed by atoms with van der Waals surface area (Å²) in [6.07, 6.45) is 3.98. The van der Waals surface area contributed by atoms with E-state index in [1.54, 1.807) is 0 Å². The third kappa shape index (κ3) is 3.38. The van der Waals surface area contributed by atoms with Gasteiger partial charge in [-0.1, -0.05) is 13.3 Å². The Kier molecular flexibility index (Phi) is 5.68. The maximum absolute atomic E-state index is 12.3. The van der Waals surface area contributed by atoms with E-state index in [9.17, 15) is 14.7 Å². The zero-order valence-corrected chi connectivity index (χ0v) is 14.6. The zero-order chi connectivity index (χ0) is 17.2. The minimum atomic E-state index is -0.992. The molecule has 2 rings (SSSR count). The van der Waals surface area contributed by atoms with Crippen LogP contribution in [0.5, 0.6) is 0 Å². The summed E-state index contributed by atoms with van der Waals surface area (Å²) in [4.78, 5) is 28.5. The first-order valence-corrected chi connectivity index (χ1v) is 8.88. The number of carbonyl (C=O) groups excluding carboxylic acids is 2. The summed E-state index contributed by atoms with van der Waals surface area (Å²) in [5.41, 5.74) is 4.74. The van der Waals surface area contributed by atoms with Gasteiger partial charge in [0.15, 0.2) is 0 Å². The van der Waals surface area contributed by atoms with Gasteiger partial charge in [0, 0.05) is 25.2 Å². The van der Waals surface area contributed by atoms with Gasteiger partial charge in [0.2, 0.25) is 5.91 Å². The number of hydrogen-bond acceptors (Lipinski definition) is 4. The van der Waals surface area contributed by atoms with Crippen LogP contribution in [0.1, 0.15) is 59.3 Å². The third-order valence-electron chi connectivity index (χ3n) is 5.90. The number of nitrogens with two attached hydrogens (primary N) is 1. The molecule has 132 valence electrons. The van der Waals surface area contributed by atoms with Crippen molar-refractivity contribution in [1.29, 1.82) is 0 Å². The van der Waals surface area contributed by atoms with E-state index in [2.05, 4.69) is 18.7 Å². The van der Waals surface area contributed by atoms with Gasteiger partial charge in [0.25, 0.3) is 5.91 Å². The molecular weight excluding hydrogens is 294 g/mol. The monoisotopic (exact) mass is 325 g/mol. The van der Waals surface area contributed by atoms with E-state index in [0.29, 0.717) is 37.9 Å². The molecule has 0 spiro atoms. The topological polar surface area (TPSA) is 86.9 Å². The molecule has 3 N–H and O–H groups in total. The molecule has 6 nitrogen and oxygen atoms in total. The second-order valence-corrected chi connectivity index (χ2v) is 7.16. The van der Waals surface area contributed by atoms with Crippen LogP contribution in [0.25, 0.3) is 0 Å². The summed E-state index contributed by atoms with van der Waals surface area (Å²) < 4.78 is 0. The fraction of sp³-hybridized carbons (Fsp3) is 0.882. The lowest BCUT2D eigenvalue weighted by molar-refractivity contribution is -0.148. The van der Waals surface area contributed by atoms with Crippen LogP contribution in [0.15, 0.2) is 0 Å². The van der Waals surface area contributed by atoms with Crippen LogP contribution in [0, 0.1) is 0 Å². The van der Waals surface area contributed by atoms with Crippen LogP contribution in [0.4, 0.5) is 0 Å². The van der Waals surface area contributed by atoms with Crippen LogP contribution >= 0.6 is 0 Å². The molecule has 2 saturated heterocycles. The molecule has 0 aromatic rings. The molecule has 2 amide bonds. The second kappa shape index (κ2) is 7.18. The van der Waals surface area contributed by atoms with Gasteiger partial charge in [0.1, 0.15) is 11.6 Å². The molecular formula is C17H31N3O3. The molecule has 0 aromatic heterocycles. The summed E-state index contributed by atoms with van der Waals surface area (Å²) in [5.74, 6) is -0.815. The van der Waals surface area contributed by atoms with E-state index in [-0.39, 0.29) is 5.91 Å². The van der Waals surface area contributed by atoms with Crippen LogP contribution < -0.4 is 5.73 Å². The van der Waals surface area contributed by atoms with E-state index in [4.69, 9.17) is 5.73 Å². The third-order valence-corrected chi connectivity index (χ3v) is 5.90. The normalized spacial score (nSPS) is 32.1. The number of piperidine rings is 1. The van der Waals surface area contributed by atoms with E-state index in [1.807, 2.05) is 6.92 Å². The van der Waals surface area contributed by atoms with Crippen molar-refractivity contribution in [1.82, 2.24) is 9.80 Å². The van der Waals surface area contributed by atoms with Gasteiger partial charge in [-0.25, -0.2) is 0 Å². The van der Waals surface area contributed by atoms with Crippen LogP contribution in [-0.2, 0) is 9.59 Å². The van der Waals surface area contributed by atoms with Gasteiger partial charge in [-0.2, -0.15) is 0 Å². The number of primary amides is 1. The average molecular weight is 325 g/mol. The van der Waals surface area contributed by atoms with Gasteiger partial charge in [0.05, 0.1) is 0 Å². The van der Waals surface area contributed by atoms with E-state index < -0.39 is 17.6 Å². The standard InChI is InChI=1S/C17H31N3O3/c1-4-17(16(18)23,20-10-8-14(21)15(20)22)9-11-19-12(2)6-5-7-13(19)3/h12-14,21H,4-11H2,1-3H3,(H2,18,23). The molecule has 0 bridgehead atoms. The molecule has 0 aliphatic carbocycles. The Morgan fingerprint density at radius 1 is 1.30 bits per heavy atom. The lowest BCUT2D eigenvalue weighted by atomic mass is 9.87.